The summed E-state index contributed by atoms with van der Waals surface area (Å²) >= 11 is 1.42. The second kappa shape index (κ2) is 6.65. The van der Waals surface area contributed by atoms with Gasteiger partial charge in [0.25, 0.3) is 5.91 Å². The first-order valence-corrected chi connectivity index (χ1v) is 8.79. The van der Waals surface area contributed by atoms with E-state index in [0.29, 0.717) is 0 Å². The van der Waals surface area contributed by atoms with Crippen LogP contribution >= 0.6 is 11.3 Å². The second-order valence-electron chi connectivity index (χ2n) is 5.81. The molecule has 2 aromatic heterocycles. The van der Waals surface area contributed by atoms with E-state index in [1.807, 2.05) is 48.7 Å². The van der Waals surface area contributed by atoms with Gasteiger partial charge in [0, 0.05) is 23.5 Å². The highest BCUT2D eigenvalue weighted by Crippen LogP contribution is 2.28. The van der Waals surface area contributed by atoms with Crippen LogP contribution < -0.4 is 10.1 Å². The number of nitrogens with zero attached hydrogens (tertiary/aromatic N) is 2. The molecule has 1 N–H and O–H groups in total. The van der Waals surface area contributed by atoms with E-state index in [-0.39, 0.29) is 11.9 Å². The zero-order chi connectivity index (χ0) is 17.3. The van der Waals surface area contributed by atoms with Gasteiger partial charge in [-0.3, -0.25) is 9.20 Å². The summed E-state index contributed by atoms with van der Waals surface area (Å²) in [4.78, 5) is 18.6. The minimum atomic E-state index is -0.0247. The SMILES string of the molecule is CC[C@H](C)NC(=O)c1sc2nc(-c3ccc(OC)cc3)cn2c1C. The van der Waals surface area contributed by atoms with Gasteiger partial charge in [0.1, 0.15) is 10.6 Å². The highest BCUT2D eigenvalue weighted by atomic mass is 32.1. The van der Waals surface area contributed by atoms with Crippen LogP contribution in [-0.2, 0) is 0 Å². The van der Waals surface area contributed by atoms with Crippen molar-refractivity contribution in [2.45, 2.75) is 33.2 Å². The molecular formula is C18H21N3O2S. The van der Waals surface area contributed by atoms with Gasteiger partial charge in [0.15, 0.2) is 4.96 Å². The minimum absolute atomic E-state index is 0.0247. The molecule has 3 rings (SSSR count). The number of aromatic nitrogens is 2. The first kappa shape index (κ1) is 16.5. The van der Waals surface area contributed by atoms with Crippen LogP contribution in [0, 0.1) is 6.92 Å². The van der Waals surface area contributed by atoms with Gasteiger partial charge in [0.2, 0.25) is 0 Å². The summed E-state index contributed by atoms with van der Waals surface area (Å²) in [6, 6.07) is 7.97. The van der Waals surface area contributed by atoms with Gasteiger partial charge in [0.05, 0.1) is 12.8 Å². The van der Waals surface area contributed by atoms with Crippen LogP contribution in [-0.4, -0.2) is 28.4 Å². The molecule has 0 aliphatic rings. The summed E-state index contributed by atoms with van der Waals surface area (Å²) < 4.78 is 7.16. The summed E-state index contributed by atoms with van der Waals surface area (Å²) in [6.45, 7) is 6.02. The molecule has 5 nitrogen and oxygen atoms in total. The van der Waals surface area contributed by atoms with Crippen molar-refractivity contribution < 1.29 is 9.53 Å². The maximum atomic E-state index is 12.4. The smallest absolute Gasteiger partial charge is 0.263 e. The number of hydrogen-bond acceptors (Lipinski definition) is 4. The standard InChI is InChI=1S/C18H21N3O2S/c1-5-11(2)19-17(22)16-12(3)21-10-15(20-18(21)24-16)13-6-8-14(23-4)9-7-13/h6-11H,5H2,1-4H3,(H,19,22)/t11-/m0/s1. The van der Waals surface area contributed by atoms with Crippen molar-refractivity contribution >= 4 is 22.2 Å². The summed E-state index contributed by atoms with van der Waals surface area (Å²) in [7, 11) is 1.65. The highest BCUT2D eigenvalue weighted by Gasteiger charge is 2.19. The summed E-state index contributed by atoms with van der Waals surface area (Å²) in [5.41, 5.74) is 2.83. The molecule has 6 heteroatoms. The fraction of sp³-hybridized carbons (Fsp3) is 0.333. The Labute approximate surface area is 145 Å². The van der Waals surface area contributed by atoms with Crippen molar-refractivity contribution in [3.05, 3.63) is 41.0 Å². The molecule has 0 unspecified atom stereocenters. The predicted molar refractivity (Wildman–Crippen MR) is 97.0 cm³/mol. The molecule has 1 atom stereocenters. The van der Waals surface area contributed by atoms with Crippen molar-refractivity contribution in [2.24, 2.45) is 0 Å². The molecular weight excluding hydrogens is 322 g/mol. The van der Waals surface area contributed by atoms with E-state index in [9.17, 15) is 4.79 Å². The van der Waals surface area contributed by atoms with Crippen molar-refractivity contribution in [3.63, 3.8) is 0 Å². The van der Waals surface area contributed by atoms with E-state index >= 15 is 0 Å². The Hall–Kier alpha value is -2.34. The lowest BCUT2D eigenvalue weighted by Crippen LogP contribution is -2.31. The van der Waals surface area contributed by atoms with Crippen LogP contribution in [0.4, 0.5) is 0 Å². The molecule has 3 aromatic rings. The summed E-state index contributed by atoms with van der Waals surface area (Å²) in [5, 5.41) is 3.01. The van der Waals surface area contributed by atoms with Gasteiger partial charge in [-0.15, -0.1) is 0 Å². The molecule has 1 amide bonds. The van der Waals surface area contributed by atoms with E-state index < -0.39 is 0 Å². The maximum Gasteiger partial charge on any atom is 0.263 e. The number of methoxy groups -OCH3 is 1. The number of aryl methyl sites for hydroxylation is 1. The van der Waals surface area contributed by atoms with E-state index in [0.717, 1.165) is 39.0 Å². The Balaban J connectivity index is 1.91. The average molecular weight is 343 g/mol. The molecule has 126 valence electrons. The van der Waals surface area contributed by atoms with Crippen LogP contribution in [0.1, 0.15) is 35.6 Å². The van der Waals surface area contributed by atoms with Crippen LogP contribution in [0.3, 0.4) is 0 Å². The van der Waals surface area contributed by atoms with E-state index in [1.54, 1.807) is 7.11 Å². The average Bonchev–Trinajstić information content (AvgIpc) is 3.14. The van der Waals surface area contributed by atoms with E-state index in [4.69, 9.17) is 4.74 Å². The molecule has 0 radical (unpaired) electrons. The van der Waals surface area contributed by atoms with Crippen LogP contribution in [0.15, 0.2) is 30.5 Å². The van der Waals surface area contributed by atoms with Crippen molar-refractivity contribution in [3.8, 4) is 17.0 Å². The molecule has 1 aromatic carbocycles. The Morgan fingerprint density at radius 3 is 2.67 bits per heavy atom. The van der Waals surface area contributed by atoms with Crippen molar-refractivity contribution in [1.29, 1.82) is 0 Å². The number of ether oxygens (including phenoxy) is 1. The minimum Gasteiger partial charge on any atom is -0.497 e. The van der Waals surface area contributed by atoms with Gasteiger partial charge >= 0.3 is 0 Å². The number of hydrogen-bond donors (Lipinski definition) is 1. The van der Waals surface area contributed by atoms with Gasteiger partial charge in [-0.05, 0) is 44.5 Å². The fourth-order valence-corrected chi connectivity index (χ4v) is 3.47. The van der Waals surface area contributed by atoms with E-state index in [2.05, 4.69) is 17.2 Å². The maximum absolute atomic E-state index is 12.4. The van der Waals surface area contributed by atoms with Gasteiger partial charge < -0.3 is 10.1 Å². The Bertz CT molecular complexity index is 864. The summed E-state index contributed by atoms with van der Waals surface area (Å²) in [5.74, 6) is 0.795. The fourth-order valence-electron chi connectivity index (χ4n) is 2.45. The number of rotatable bonds is 5. The normalized spacial score (nSPS) is 12.3. The van der Waals surface area contributed by atoms with Crippen LogP contribution in [0.5, 0.6) is 5.75 Å². The van der Waals surface area contributed by atoms with Crippen molar-refractivity contribution in [1.82, 2.24) is 14.7 Å². The Morgan fingerprint density at radius 1 is 1.38 bits per heavy atom. The molecule has 0 aliphatic heterocycles. The van der Waals surface area contributed by atoms with Crippen molar-refractivity contribution in [2.75, 3.05) is 7.11 Å². The van der Waals surface area contributed by atoms with E-state index in [1.165, 1.54) is 11.3 Å². The molecule has 24 heavy (non-hydrogen) atoms. The number of carbonyl (C=O) groups is 1. The molecule has 0 bridgehead atoms. The molecule has 0 spiro atoms. The zero-order valence-electron chi connectivity index (χ0n) is 14.3. The third kappa shape index (κ3) is 3.01. The Morgan fingerprint density at radius 2 is 2.08 bits per heavy atom. The molecule has 0 fully saturated rings. The van der Waals surface area contributed by atoms with Gasteiger partial charge in [-0.1, -0.05) is 18.3 Å². The number of benzene rings is 1. The Kier molecular flexibility index (Phi) is 4.57. The highest BCUT2D eigenvalue weighted by molar-refractivity contribution is 7.19. The number of amides is 1. The number of imidazole rings is 1. The predicted octanol–water partition coefficient (Wildman–Crippen LogP) is 3.91. The monoisotopic (exact) mass is 343 g/mol. The first-order valence-electron chi connectivity index (χ1n) is 7.97. The first-order chi connectivity index (χ1) is 11.5. The molecule has 0 saturated heterocycles. The molecule has 0 saturated carbocycles. The number of fused-ring (bicyclic) bond motifs is 1. The van der Waals surface area contributed by atoms with Crippen LogP contribution in [0.2, 0.25) is 0 Å². The molecule has 0 aliphatic carbocycles. The van der Waals surface area contributed by atoms with Crippen LogP contribution in [0.25, 0.3) is 16.2 Å². The third-order valence-electron chi connectivity index (χ3n) is 4.14. The zero-order valence-corrected chi connectivity index (χ0v) is 15.1. The quantitative estimate of drug-likeness (QED) is 0.764. The summed E-state index contributed by atoms with van der Waals surface area (Å²) in [6.07, 6.45) is 2.89. The number of carbonyl (C=O) groups excluding carboxylic acids is 1. The topological polar surface area (TPSA) is 55.6 Å². The lowest BCUT2D eigenvalue weighted by atomic mass is 10.2. The third-order valence-corrected chi connectivity index (χ3v) is 5.29. The lowest BCUT2D eigenvalue weighted by Gasteiger charge is -2.10. The van der Waals surface area contributed by atoms with Gasteiger partial charge in [-0.25, -0.2) is 4.98 Å². The van der Waals surface area contributed by atoms with Gasteiger partial charge in [-0.2, -0.15) is 0 Å². The number of thiazole rings is 1. The largest absolute Gasteiger partial charge is 0.497 e. The second-order valence-corrected chi connectivity index (χ2v) is 6.78. The molecule has 2 heterocycles. The lowest BCUT2D eigenvalue weighted by molar-refractivity contribution is 0.0942. The number of nitrogens with one attached hydrogen (secondary N) is 1.